The summed E-state index contributed by atoms with van der Waals surface area (Å²) in [5, 5.41) is 13.5. The Morgan fingerprint density at radius 2 is 1.07 bits per heavy atom. The van der Waals surface area contributed by atoms with Gasteiger partial charge in [-0.25, -0.2) is 0 Å². The SMILES string of the molecule is N=C(N)N(c1ccc2c3c(cccc13)CC2)c1ccc2c3c(cccc13)CC2. The molecule has 3 nitrogen and oxygen atoms in total. The Balaban J connectivity index is 1.66. The Morgan fingerprint density at radius 3 is 1.50 bits per heavy atom. The summed E-state index contributed by atoms with van der Waals surface area (Å²) in [6, 6.07) is 21.7. The van der Waals surface area contributed by atoms with Gasteiger partial charge in [0.2, 0.25) is 0 Å². The van der Waals surface area contributed by atoms with E-state index in [1.165, 1.54) is 43.8 Å². The number of anilines is 2. The number of hydrogen-bond donors (Lipinski definition) is 2. The van der Waals surface area contributed by atoms with E-state index >= 15 is 0 Å². The molecule has 0 aliphatic heterocycles. The first-order valence-corrected chi connectivity index (χ1v) is 9.93. The van der Waals surface area contributed by atoms with E-state index in [1.54, 1.807) is 0 Å². The number of aryl methyl sites for hydroxylation is 4. The van der Waals surface area contributed by atoms with Gasteiger partial charge in [-0.2, -0.15) is 0 Å². The molecule has 0 spiro atoms. The minimum atomic E-state index is 0.0531. The zero-order chi connectivity index (χ0) is 18.8. The van der Waals surface area contributed by atoms with Gasteiger partial charge in [0, 0.05) is 10.8 Å². The quantitative estimate of drug-likeness (QED) is 0.379. The molecule has 2 aliphatic rings. The van der Waals surface area contributed by atoms with Gasteiger partial charge in [-0.15, -0.1) is 0 Å². The third kappa shape index (κ3) is 2.02. The summed E-state index contributed by atoms with van der Waals surface area (Å²) >= 11 is 0. The largest absolute Gasteiger partial charge is 0.369 e. The Hall–Kier alpha value is -3.33. The zero-order valence-electron chi connectivity index (χ0n) is 15.6. The molecule has 3 heteroatoms. The molecule has 4 aromatic carbocycles. The van der Waals surface area contributed by atoms with Crippen molar-refractivity contribution in [3.63, 3.8) is 0 Å². The molecule has 0 heterocycles. The highest BCUT2D eigenvalue weighted by atomic mass is 15.2. The maximum Gasteiger partial charge on any atom is 0.197 e. The number of rotatable bonds is 2. The molecule has 3 N–H and O–H groups in total. The molecule has 0 amide bonds. The van der Waals surface area contributed by atoms with Crippen molar-refractivity contribution < 1.29 is 0 Å². The van der Waals surface area contributed by atoms with Gasteiger partial charge in [-0.3, -0.25) is 10.3 Å². The molecule has 0 fully saturated rings. The Kier molecular flexibility index (Phi) is 3.13. The van der Waals surface area contributed by atoms with E-state index in [0.29, 0.717) is 0 Å². The van der Waals surface area contributed by atoms with Crippen LogP contribution in [0.2, 0.25) is 0 Å². The second-order valence-electron chi connectivity index (χ2n) is 7.89. The van der Waals surface area contributed by atoms with Crippen LogP contribution in [0, 0.1) is 5.41 Å². The van der Waals surface area contributed by atoms with E-state index in [4.69, 9.17) is 11.1 Å². The standard InChI is InChI=1S/C25H21N3/c26-25(27)28(21-13-11-17-9-7-15-3-1-5-19(21)23(15)17)22-14-12-18-10-8-16-4-2-6-20(22)24(16)18/h1-6,11-14H,7-10H2,(H3,26,27). The van der Waals surface area contributed by atoms with E-state index in [1.807, 2.05) is 4.90 Å². The lowest BCUT2D eigenvalue weighted by Crippen LogP contribution is -2.32. The monoisotopic (exact) mass is 363 g/mol. The summed E-state index contributed by atoms with van der Waals surface area (Å²) < 4.78 is 0. The van der Waals surface area contributed by atoms with Gasteiger partial charge in [-0.05, 0) is 70.8 Å². The second kappa shape index (κ2) is 5.59. The number of benzene rings is 4. The molecule has 0 atom stereocenters. The fourth-order valence-electron chi connectivity index (χ4n) is 5.24. The molecule has 28 heavy (non-hydrogen) atoms. The summed E-state index contributed by atoms with van der Waals surface area (Å²) in [6.45, 7) is 0. The lowest BCUT2D eigenvalue weighted by Gasteiger charge is -2.26. The molecular formula is C25H21N3. The van der Waals surface area contributed by atoms with Crippen LogP contribution in [0.1, 0.15) is 22.3 Å². The van der Waals surface area contributed by atoms with Crippen molar-refractivity contribution >= 4 is 38.9 Å². The van der Waals surface area contributed by atoms with Crippen molar-refractivity contribution in [2.45, 2.75) is 25.7 Å². The summed E-state index contributed by atoms with van der Waals surface area (Å²) in [5.41, 5.74) is 13.8. The minimum absolute atomic E-state index is 0.0531. The van der Waals surface area contributed by atoms with Crippen LogP contribution in [0.15, 0.2) is 60.7 Å². The maximum atomic E-state index is 8.43. The molecule has 0 unspecified atom stereocenters. The number of hydrogen-bond acceptors (Lipinski definition) is 1. The van der Waals surface area contributed by atoms with E-state index in [9.17, 15) is 0 Å². The Labute approximate surface area is 163 Å². The van der Waals surface area contributed by atoms with Gasteiger partial charge >= 0.3 is 0 Å². The summed E-state index contributed by atoms with van der Waals surface area (Å²) in [7, 11) is 0. The van der Waals surface area contributed by atoms with E-state index < -0.39 is 0 Å². The van der Waals surface area contributed by atoms with Crippen molar-refractivity contribution in [1.29, 1.82) is 5.41 Å². The van der Waals surface area contributed by atoms with Crippen molar-refractivity contribution in [2.75, 3.05) is 4.90 Å². The maximum absolute atomic E-state index is 8.43. The highest BCUT2D eigenvalue weighted by Crippen LogP contribution is 2.42. The smallest absolute Gasteiger partial charge is 0.197 e. The van der Waals surface area contributed by atoms with Crippen molar-refractivity contribution in [3.05, 3.63) is 82.9 Å². The minimum Gasteiger partial charge on any atom is -0.369 e. The van der Waals surface area contributed by atoms with E-state index in [-0.39, 0.29) is 5.96 Å². The van der Waals surface area contributed by atoms with Gasteiger partial charge < -0.3 is 5.73 Å². The summed E-state index contributed by atoms with van der Waals surface area (Å²) in [6.07, 6.45) is 4.38. The average Bonchev–Trinajstić information content (AvgIpc) is 3.32. The van der Waals surface area contributed by atoms with Crippen LogP contribution >= 0.6 is 0 Å². The average molecular weight is 363 g/mol. The molecule has 0 bridgehead atoms. The zero-order valence-corrected chi connectivity index (χ0v) is 15.6. The topological polar surface area (TPSA) is 53.1 Å². The van der Waals surface area contributed by atoms with Crippen LogP contribution in [0.25, 0.3) is 21.5 Å². The number of nitrogens with two attached hydrogens (primary N) is 1. The molecular weight excluding hydrogens is 342 g/mol. The predicted octanol–water partition coefficient (Wildman–Crippen LogP) is 5.22. The normalized spacial score (nSPS) is 14.1. The molecule has 6 rings (SSSR count). The van der Waals surface area contributed by atoms with Crippen LogP contribution in [0.5, 0.6) is 0 Å². The van der Waals surface area contributed by atoms with Gasteiger partial charge in [0.15, 0.2) is 5.96 Å². The van der Waals surface area contributed by atoms with Crippen LogP contribution < -0.4 is 10.6 Å². The van der Waals surface area contributed by atoms with Crippen LogP contribution in [0.3, 0.4) is 0 Å². The van der Waals surface area contributed by atoms with Crippen molar-refractivity contribution in [1.82, 2.24) is 0 Å². The molecule has 0 aromatic heterocycles. The highest BCUT2D eigenvalue weighted by molar-refractivity contribution is 6.14. The third-order valence-electron chi connectivity index (χ3n) is 6.43. The first-order valence-electron chi connectivity index (χ1n) is 9.93. The first-order chi connectivity index (χ1) is 13.7. The fourth-order valence-corrected chi connectivity index (χ4v) is 5.24. The number of nitrogens with one attached hydrogen (secondary N) is 1. The molecule has 2 aliphatic carbocycles. The van der Waals surface area contributed by atoms with E-state index in [2.05, 4.69) is 60.7 Å². The molecule has 0 radical (unpaired) electrons. The molecule has 0 saturated heterocycles. The Morgan fingerprint density at radius 1 is 0.643 bits per heavy atom. The predicted molar refractivity (Wildman–Crippen MR) is 117 cm³/mol. The van der Waals surface area contributed by atoms with Crippen molar-refractivity contribution in [2.24, 2.45) is 5.73 Å². The van der Waals surface area contributed by atoms with Crippen LogP contribution in [-0.4, -0.2) is 5.96 Å². The Bertz CT molecular complexity index is 1190. The van der Waals surface area contributed by atoms with E-state index in [0.717, 1.165) is 37.1 Å². The van der Waals surface area contributed by atoms with Gasteiger partial charge in [-0.1, -0.05) is 48.5 Å². The van der Waals surface area contributed by atoms with Crippen LogP contribution in [0.4, 0.5) is 11.4 Å². The number of nitrogens with zero attached hydrogens (tertiary/aromatic N) is 1. The fraction of sp³-hybridized carbons (Fsp3) is 0.160. The molecule has 0 saturated carbocycles. The first kappa shape index (κ1) is 15.7. The summed E-state index contributed by atoms with van der Waals surface area (Å²) in [5.74, 6) is 0.0531. The van der Waals surface area contributed by atoms with Crippen LogP contribution in [-0.2, 0) is 25.7 Å². The summed E-state index contributed by atoms with van der Waals surface area (Å²) in [4.78, 5) is 1.92. The second-order valence-corrected chi connectivity index (χ2v) is 7.89. The molecule has 4 aromatic rings. The van der Waals surface area contributed by atoms with Gasteiger partial charge in [0.25, 0.3) is 0 Å². The molecule has 136 valence electrons. The van der Waals surface area contributed by atoms with Gasteiger partial charge in [0.1, 0.15) is 0 Å². The van der Waals surface area contributed by atoms with Crippen molar-refractivity contribution in [3.8, 4) is 0 Å². The van der Waals surface area contributed by atoms with Gasteiger partial charge in [0.05, 0.1) is 11.4 Å². The highest BCUT2D eigenvalue weighted by Gasteiger charge is 2.24. The lowest BCUT2D eigenvalue weighted by molar-refractivity contribution is 1.02. The lowest BCUT2D eigenvalue weighted by atomic mass is 10.00. The number of guanidine groups is 1. The third-order valence-corrected chi connectivity index (χ3v) is 6.43.